The Hall–Kier alpha value is -2.21. The van der Waals surface area contributed by atoms with Gasteiger partial charge in [-0.15, -0.1) is 11.3 Å². The minimum absolute atomic E-state index is 0.0518. The largest absolute Gasteiger partial charge is 0.494 e. The van der Waals surface area contributed by atoms with Crippen LogP contribution >= 0.6 is 11.3 Å². The maximum atomic E-state index is 12.6. The molecular formula is C16H17N3O2S. The molecule has 0 saturated heterocycles. The Morgan fingerprint density at radius 1 is 1.41 bits per heavy atom. The van der Waals surface area contributed by atoms with Gasteiger partial charge in [-0.1, -0.05) is 13.0 Å². The Bertz CT molecular complexity index is 869. The molecule has 0 unspecified atom stereocenters. The lowest BCUT2D eigenvalue weighted by Gasteiger charge is -2.12. The molecule has 0 radical (unpaired) electrons. The fourth-order valence-corrected chi connectivity index (χ4v) is 3.28. The van der Waals surface area contributed by atoms with Crippen LogP contribution in [0.1, 0.15) is 23.5 Å². The summed E-state index contributed by atoms with van der Waals surface area (Å²) in [6.45, 7) is 4.61. The smallest absolute Gasteiger partial charge is 0.261 e. The van der Waals surface area contributed by atoms with E-state index in [2.05, 4.69) is 16.9 Å². The number of hydrogen-bond acceptors (Lipinski definition) is 5. The number of aryl methyl sites for hydroxylation is 1. The lowest BCUT2D eigenvalue weighted by atomic mass is 10.2. The van der Waals surface area contributed by atoms with Crippen molar-refractivity contribution in [2.24, 2.45) is 0 Å². The van der Waals surface area contributed by atoms with Crippen LogP contribution < -0.4 is 10.3 Å². The van der Waals surface area contributed by atoms with E-state index in [9.17, 15) is 4.79 Å². The molecule has 114 valence electrons. The zero-order valence-corrected chi connectivity index (χ0v) is 13.6. The van der Waals surface area contributed by atoms with Gasteiger partial charge in [0, 0.05) is 23.5 Å². The van der Waals surface area contributed by atoms with Crippen LogP contribution in [0.2, 0.25) is 0 Å². The molecule has 0 fully saturated rings. The van der Waals surface area contributed by atoms with Gasteiger partial charge in [-0.3, -0.25) is 9.36 Å². The van der Waals surface area contributed by atoms with Gasteiger partial charge in [-0.25, -0.2) is 9.97 Å². The number of para-hydroxylation sites is 1. The zero-order valence-electron chi connectivity index (χ0n) is 12.7. The Morgan fingerprint density at radius 3 is 2.91 bits per heavy atom. The molecule has 2 aromatic heterocycles. The van der Waals surface area contributed by atoms with Crippen molar-refractivity contribution in [2.45, 2.75) is 26.3 Å². The predicted octanol–water partition coefficient (Wildman–Crippen LogP) is 2.97. The highest BCUT2D eigenvalue weighted by Crippen LogP contribution is 2.23. The molecule has 5 nitrogen and oxygen atoms in total. The van der Waals surface area contributed by atoms with E-state index in [1.807, 2.05) is 18.4 Å². The summed E-state index contributed by atoms with van der Waals surface area (Å²) in [5.74, 6) is 0.784. The average molecular weight is 315 g/mol. The second-order valence-corrected chi connectivity index (χ2v) is 6.18. The first kappa shape index (κ1) is 14.7. The van der Waals surface area contributed by atoms with Crippen LogP contribution in [0.5, 0.6) is 5.75 Å². The Balaban J connectivity index is 1.98. The molecule has 22 heavy (non-hydrogen) atoms. The predicted molar refractivity (Wildman–Crippen MR) is 87.8 cm³/mol. The van der Waals surface area contributed by atoms with Crippen LogP contribution in [0, 0.1) is 6.92 Å². The monoisotopic (exact) mass is 315 g/mol. The Labute approximate surface area is 132 Å². The van der Waals surface area contributed by atoms with Crippen LogP contribution in [-0.2, 0) is 6.54 Å². The molecule has 0 bridgehead atoms. The summed E-state index contributed by atoms with van der Waals surface area (Å²) < 4.78 is 6.90. The highest BCUT2D eigenvalue weighted by Gasteiger charge is 2.13. The van der Waals surface area contributed by atoms with Gasteiger partial charge in [0.05, 0.1) is 23.8 Å². The second-order valence-electron chi connectivity index (χ2n) is 5.29. The third kappa shape index (κ3) is 2.62. The molecule has 0 saturated carbocycles. The van der Waals surface area contributed by atoms with Crippen molar-refractivity contribution >= 4 is 22.2 Å². The lowest BCUT2D eigenvalue weighted by Crippen LogP contribution is -2.23. The molecule has 1 atom stereocenters. The molecule has 0 N–H and O–H groups in total. The van der Waals surface area contributed by atoms with E-state index in [1.165, 1.54) is 0 Å². The van der Waals surface area contributed by atoms with E-state index in [0.717, 1.165) is 10.7 Å². The Kier molecular flexibility index (Phi) is 3.94. The van der Waals surface area contributed by atoms with Crippen molar-refractivity contribution in [3.63, 3.8) is 0 Å². The van der Waals surface area contributed by atoms with Crippen molar-refractivity contribution in [1.82, 2.24) is 14.5 Å². The van der Waals surface area contributed by atoms with Gasteiger partial charge in [0.15, 0.2) is 0 Å². The summed E-state index contributed by atoms with van der Waals surface area (Å²) in [6, 6.07) is 5.39. The van der Waals surface area contributed by atoms with Crippen LogP contribution in [0.15, 0.2) is 34.7 Å². The van der Waals surface area contributed by atoms with E-state index in [1.54, 1.807) is 41.5 Å². The fourth-order valence-electron chi connectivity index (χ4n) is 2.43. The lowest BCUT2D eigenvalue weighted by molar-refractivity contribution is 0.418. The first-order valence-electron chi connectivity index (χ1n) is 7.04. The minimum atomic E-state index is -0.0518. The van der Waals surface area contributed by atoms with Gasteiger partial charge < -0.3 is 4.74 Å². The molecule has 0 aliphatic carbocycles. The number of ether oxygens (including phenoxy) is 1. The average Bonchev–Trinajstić information content (AvgIpc) is 2.96. The molecule has 2 heterocycles. The summed E-state index contributed by atoms with van der Waals surface area (Å²) in [4.78, 5) is 21.5. The van der Waals surface area contributed by atoms with E-state index >= 15 is 0 Å². The molecule has 1 aromatic carbocycles. The fraction of sp³-hybridized carbons (Fsp3) is 0.312. The summed E-state index contributed by atoms with van der Waals surface area (Å²) >= 11 is 1.63. The van der Waals surface area contributed by atoms with Gasteiger partial charge in [-0.05, 0) is 19.1 Å². The molecular weight excluding hydrogens is 298 g/mol. The number of hydrogen-bond donors (Lipinski definition) is 0. The van der Waals surface area contributed by atoms with E-state index in [4.69, 9.17) is 4.74 Å². The SMILES string of the molecule is COc1cccc2c(=O)n(C[C@H](C)c3nc(C)cs3)cnc12. The van der Waals surface area contributed by atoms with E-state index < -0.39 is 0 Å². The molecule has 0 aliphatic heterocycles. The number of nitrogens with zero attached hydrogens (tertiary/aromatic N) is 3. The van der Waals surface area contributed by atoms with Crippen molar-refractivity contribution < 1.29 is 4.74 Å². The number of methoxy groups -OCH3 is 1. The molecule has 3 aromatic rings. The Morgan fingerprint density at radius 2 is 2.23 bits per heavy atom. The van der Waals surface area contributed by atoms with E-state index in [0.29, 0.717) is 23.2 Å². The maximum Gasteiger partial charge on any atom is 0.261 e. The molecule has 0 spiro atoms. The van der Waals surface area contributed by atoms with Gasteiger partial charge in [0.2, 0.25) is 0 Å². The summed E-state index contributed by atoms with van der Waals surface area (Å²) in [6.07, 6.45) is 1.59. The van der Waals surface area contributed by atoms with E-state index in [-0.39, 0.29) is 11.5 Å². The topological polar surface area (TPSA) is 57.0 Å². The minimum Gasteiger partial charge on any atom is -0.494 e. The molecule has 3 rings (SSSR count). The standard InChI is InChI=1S/C16H17N3O2S/c1-10(15-18-11(2)8-22-15)7-19-9-17-14-12(16(19)20)5-4-6-13(14)21-3/h4-6,8-10H,7H2,1-3H3/t10-/m0/s1. The van der Waals surface area contributed by atoms with Crippen LogP contribution in [0.3, 0.4) is 0 Å². The normalized spacial score (nSPS) is 12.5. The van der Waals surface area contributed by atoms with Crippen LogP contribution in [0.4, 0.5) is 0 Å². The third-order valence-electron chi connectivity index (χ3n) is 3.57. The van der Waals surface area contributed by atoms with Crippen molar-refractivity contribution in [3.05, 3.63) is 51.0 Å². The van der Waals surface area contributed by atoms with Gasteiger partial charge in [0.25, 0.3) is 5.56 Å². The van der Waals surface area contributed by atoms with Crippen molar-refractivity contribution in [2.75, 3.05) is 7.11 Å². The first-order chi connectivity index (χ1) is 10.6. The van der Waals surface area contributed by atoms with Gasteiger partial charge >= 0.3 is 0 Å². The first-order valence-corrected chi connectivity index (χ1v) is 7.92. The summed E-state index contributed by atoms with van der Waals surface area (Å²) in [5.41, 5.74) is 1.56. The number of thiazole rings is 1. The van der Waals surface area contributed by atoms with Gasteiger partial charge in [0.1, 0.15) is 11.3 Å². The highest BCUT2D eigenvalue weighted by molar-refractivity contribution is 7.09. The second kappa shape index (κ2) is 5.88. The molecule has 0 aliphatic rings. The number of fused-ring (bicyclic) bond motifs is 1. The number of benzene rings is 1. The quantitative estimate of drug-likeness (QED) is 0.743. The van der Waals surface area contributed by atoms with Crippen LogP contribution in [0.25, 0.3) is 10.9 Å². The molecule has 0 amide bonds. The maximum absolute atomic E-state index is 12.6. The third-order valence-corrected chi connectivity index (χ3v) is 4.76. The van der Waals surface area contributed by atoms with Crippen molar-refractivity contribution in [1.29, 1.82) is 0 Å². The number of aromatic nitrogens is 3. The summed E-state index contributed by atoms with van der Waals surface area (Å²) in [5, 5.41) is 3.64. The highest BCUT2D eigenvalue weighted by atomic mass is 32.1. The molecule has 6 heteroatoms. The number of rotatable bonds is 4. The van der Waals surface area contributed by atoms with Gasteiger partial charge in [-0.2, -0.15) is 0 Å². The van der Waals surface area contributed by atoms with Crippen molar-refractivity contribution in [3.8, 4) is 5.75 Å². The summed E-state index contributed by atoms with van der Waals surface area (Å²) in [7, 11) is 1.58. The van der Waals surface area contributed by atoms with Crippen LogP contribution in [-0.4, -0.2) is 21.6 Å². The zero-order chi connectivity index (χ0) is 15.7.